The summed E-state index contributed by atoms with van der Waals surface area (Å²) in [6.45, 7) is 0.427. The molecular weight excluding hydrogens is 385 g/mol. The van der Waals surface area contributed by atoms with Gasteiger partial charge in [-0.05, 0) is 23.8 Å². The minimum atomic E-state index is -4.67. The monoisotopic (exact) mass is 398 g/mol. The summed E-state index contributed by atoms with van der Waals surface area (Å²) >= 11 is 0. The molecule has 0 unspecified atom stereocenters. The molecule has 0 saturated heterocycles. The van der Waals surface area contributed by atoms with Crippen LogP contribution < -0.4 is 5.32 Å². The summed E-state index contributed by atoms with van der Waals surface area (Å²) in [6, 6.07) is 12.3. The first-order valence-electron chi connectivity index (χ1n) is 8.46. The van der Waals surface area contributed by atoms with Crippen LogP contribution in [-0.4, -0.2) is 25.1 Å². The van der Waals surface area contributed by atoms with E-state index in [1.165, 1.54) is 0 Å². The largest absolute Gasteiger partial charge is 0.471 e. The number of nitrogens with zero attached hydrogens (tertiary/aromatic N) is 5. The van der Waals surface area contributed by atoms with Gasteiger partial charge in [-0.1, -0.05) is 29.4 Å². The number of rotatable bonds is 5. The van der Waals surface area contributed by atoms with Gasteiger partial charge in [0.1, 0.15) is 0 Å². The van der Waals surface area contributed by atoms with Crippen molar-refractivity contribution in [3.8, 4) is 22.6 Å². The van der Waals surface area contributed by atoms with E-state index in [-0.39, 0.29) is 5.82 Å². The predicted octanol–water partition coefficient (Wildman–Crippen LogP) is 4.22. The van der Waals surface area contributed by atoms with Crippen molar-refractivity contribution in [3.05, 3.63) is 72.5 Å². The molecule has 4 rings (SSSR count). The molecule has 0 saturated carbocycles. The van der Waals surface area contributed by atoms with Gasteiger partial charge < -0.3 is 9.84 Å². The molecule has 3 aromatic heterocycles. The van der Waals surface area contributed by atoms with E-state index in [1.807, 2.05) is 12.1 Å². The normalized spacial score (nSPS) is 11.4. The maximum Gasteiger partial charge on any atom is 0.471 e. The van der Waals surface area contributed by atoms with Gasteiger partial charge in [-0.15, -0.1) is 0 Å². The highest BCUT2D eigenvalue weighted by Crippen LogP contribution is 2.29. The zero-order chi connectivity index (χ0) is 20.3. The fourth-order valence-corrected chi connectivity index (χ4v) is 2.53. The molecule has 10 heteroatoms. The highest BCUT2D eigenvalue weighted by atomic mass is 19.4. The molecule has 0 bridgehead atoms. The maximum atomic E-state index is 12.6. The van der Waals surface area contributed by atoms with Crippen LogP contribution in [0.4, 0.5) is 19.1 Å². The van der Waals surface area contributed by atoms with Crippen molar-refractivity contribution in [1.82, 2.24) is 25.1 Å². The molecule has 146 valence electrons. The van der Waals surface area contributed by atoms with Crippen LogP contribution in [0, 0.1) is 0 Å². The van der Waals surface area contributed by atoms with E-state index in [9.17, 15) is 13.2 Å². The van der Waals surface area contributed by atoms with E-state index in [0.717, 1.165) is 16.8 Å². The van der Waals surface area contributed by atoms with Gasteiger partial charge in [-0.2, -0.15) is 18.2 Å². The number of pyridine rings is 1. The molecule has 0 aliphatic rings. The summed E-state index contributed by atoms with van der Waals surface area (Å²) < 4.78 is 41.9. The summed E-state index contributed by atoms with van der Waals surface area (Å²) in [5.74, 6) is -1.04. The molecular formula is C19H13F3N6O. The van der Waals surface area contributed by atoms with Crippen LogP contribution in [-0.2, 0) is 12.7 Å². The molecule has 7 nitrogen and oxygen atoms in total. The smallest absolute Gasteiger partial charge is 0.350 e. The molecule has 3 heterocycles. The number of halogens is 3. The number of alkyl halides is 3. The Labute approximate surface area is 162 Å². The minimum Gasteiger partial charge on any atom is -0.350 e. The Kier molecular flexibility index (Phi) is 4.90. The van der Waals surface area contributed by atoms with Gasteiger partial charge in [0.2, 0.25) is 11.8 Å². The molecule has 0 amide bonds. The molecule has 0 aliphatic heterocycles. The highest BCUT2D eigenvalue weighted by molar-refractivity contribution is 5.58. The van der Waals surface area contributed by atoms with Gasteiger partial charge in [-0.3, -0.25) is 4.98 Å². The third-order valence-corrected chi connectivity index (χ3v) is 3.94. The van der Waals surface area contributed by atoms with Crippen molar-refractivity contribution >= 4 is 5.95 Å². The summed E-state index contributed by atoms with van der Waals surface area (Å²) in [5, 5.41) is 6.48. The zero-order valence-electron chi connectivity index (χ0n) is 14.8. The first kappa shape index (κ1) is 18.5. The van der Waals surface area contributed by atoms with E-state index in [4.69, 9.17) is 0 Å². The van der Waals surface area contributed by atoms with Crippen molar-refractivity contribution in [2.24, 2.45) is 0 Å². The standard InChI is InChI=1S/C19H13F3N6O/c20-19(21,22)17-27-16(28-29-17)13-5-3-12(4-6-13)10-25-18-24-9-7-15(26-18)14-2-1-8-23-11-14/h1-9,11H,10H2,(H,24,25,26). The Balaban J connectivity index is 1.43. The molecule has 1 N–H and O–H groups in total. The van der Waals surface area contributed by atoms with Crippen molar-refractivity contribution in [3.63, 3.8) is 0 Å². The predicted molar refractivity (Wildman–Crippen MR) is 97.3 cm³/mol. The van der Waals surface area contributed by atoms with Crippen molar-refractivity contribution in [1.29, 1.82) is 0 Å². The summed E-state index contributed by atoms with van der Waals surface area (Å²) in [7, 11) is 0. The van der Waals surface area contributed by atoms with Gasteiger partial charge in [0.15, 0.2) is 0 Å². The third-order valence-electron chi connectivity index (χ3n) is 3.94. The first-order chi connectivity index (χ1) is 14.0. The second kappa shape index (κ2) is 7.66. The van der Waals surface area contributed by atoms with Crippen LogP contribution in [0.1, 0.15) is 11.5 Å². The van der Waals surface area contributed by atoms with E-state index in [2.05, 4.69) is 34.9 Å². The second-order valence-electron chi connectivity index (χ2n) is 5.98. The number of nitrogens with one attached hydrogen (secondary N) is 1. The lowest BCUT2D eigenvalue weighted by Gasteiger charge is -2.07. The Morgan fingerprint density at radius 1 is 0.931 bits per heavy atom. The number of hydrogen-bond donors (Lipinski definition) is 1. The Bertz CT molecular complexity index is 1100. The average molecular weight is 398 g/mol. The number of anilines is 1. The van der Waals surface area contributed by atoms with Gasteiger partial charge in [0, 0.05) is 36.3 Å². The van der Waals surface area contributed by atoms with E-state index in [0.29, 0.717) is 18.1 Å². The summed E-state index contributed by atoms with van der Waals surface area (Å²) in [4.78, 5) is 16.1. The summed E-state index contributed by atoms with van der Waals surface area (Å²) in [6.07, 6.45) is 0.383. The SMILES string of the molecule is FC(F)(F)c1nc(-c2ccc(CNc3nccc(-c4cccnc4)n3)cc2)no1. The molecule has 0 radical (unpaired) electrons. The van der Waals surface area contributed by atoms with Crippen LogP contribution in [0.2, 0.25) is 0 Å². The Morgan fingerprint density at radius 2 is 1.76 bits per heavy atom. The third kappa shape index (κ3) is 4.37. The molecule has 0 spiro atoms. The fraction of sp³-hybridized carbons (Fsp3) is 0.105. The molecule has 0 atom stereocenters. The molecule has 0 aliphatic carbocycles. The average Bonchev–Trinajstić information content (AvgIpc) is 3.24. The van der Waals surface area contributed by atoms with Gasteiger partial charge >= 0.3 is 12.1 Å². The lowest BCUT2D eigenvalue weighted by Crippen LogP contribution is -2.05. The molecule has 1 aromatic carbocycles. The zero-order valence-corrected chi connectivity index (χ0v) is 14.8. The van der Waals surface area contributed by atoms with E-state index in [1.54, 1.807) is 48.9 Å². The van der Waals surface area contributed by atoms with Crippen molar-refractivity contribution in [2.45, 2.75) is 12.7 Å². The molecule has 29 heavy (non-hydrogen) atoms. The quantitative estimate of drug-likeness (QED) is 0.538. The topological polar surface area (TPSA) is 89.6 Å². The minimum absolute atomic E-state index is 0.121. The van der Waals surface area contributed by atoms with E-state index >= 15 is 0 Å². The lowest BCUT2D eigenvalue weighted by atomic mass is 10.1. The Hall–Kier alpha value is -3.82. The van der Waals surface area contributed by atoms with Gasteiger partial charge in [0.05, 0.1) is 5.69 Å². The summed E-state index contributed by atoms with van der Waals surface area (Å²) in [5.41, 5.74) is 2.91. The van der Waals surface area contributed by atoms with Crippen LogP contribution in [0.25, 0.3) is 22.6 Å². The van der Waals surface area contributed by atoms with Crippen LogP contribution in [0.15, 0.2) is 65.6 Å². The fourth-order valence-electron chi connectivity index (χ4n) is 2.53. The number of benzene rings is 1. The van der Waals surface area contributed by atoms with Crippen molar-refractivity contribution < 1.29 is 17.7 Å². The van der Waals surface area contributed by atoms with Crippen LogP contribution in [0.5, 0.6) is 0 Å². The van der Waals surface area contributed by atoms with Gasteiger partial charge in [-0.25, -0.2) is 9.97 Å². The van der Waals surface area contributed by atoms with Crippen LogP contribution in [0.3, 0.4) is 0 Å². The molecule has 0 fully saturated rings. The highest BCUT2D eigenvalue weighted by Gasteiger charge is 2.38. The van der Waals surface area contributed by atoms with Crippen molar-refractivity contribution in [2.75, 3.05) is 5.32 Å². The second-order valence-corrected chi connectivity index (χ2v) is 5.98. The van der Waals surface area contributed by atoms with E-state index < -0.39 is 12.1 Å². The number of hydrogen-bond acceptors (Lipinski definition) is 7. The first-order valence-corrected chi connectivity index (χ1v) is 8.46. The Morgan fingerprint density at radius 3 is 2.45 bits per heavy atom. The lowest BCUT2D eigenvalue weighted by molar-refractivity contribution is -0.159. The number of aromatic nitrogens is 5. The van der Waals surface area contributed by atoms with Crippen LogP contribution >= 0.6 is 0 Å². The maximum absolute atomic E-state index is 12.6. The molecule has 4 aromatic rings. The van der Waals surface area contributed by atoms with Gasteiger partial charge in [0.25, 0.3) is 0 Å².